The van der Waals surface area contributed by atoms with E-state index in [9.17, 15) is 9.59 Å². The number of nitrogens with zero attached hydrogens (tertiary/aromatic N) is 3. The predicted octanol–water partition coefficient (Wildman–Crippen LogP) is 5.68. The first kappa shape index (κ1) is 26.7. The van der Waals surface area contributed by atoms with Crippen LogP contribution in [0.1, 0.15) is 28.0 Å². The average molecular weight is 557 g/mol. The van der Waals surface area contributed by atoms with Gasteiger partial charge in [0.1, 0.15) is 0 Å². The summed E-state index contributed by atoms with van der Waals surface area (Å²) < 4.78 is 1.63. The van der Waals surface area contributed by atoms with Gasteiger partial charge in [0.2, 0.25) is 5.91 Å². The van der Waals surface area contributed by atoms with E-state index in [-0.39, 0.29) is 24.1 Å². The minimum atomic E-state index is -0.359. The Hall–Kier alpha value is -3.39. The van der Waals surface area contributed by atoms with E-state index in [0.717, 1.165) is 11.1 Å². The minimum Gasteiger partial charge on any atom is -0.354 e. The molecule has 0 saturated heterocycles. The number of hydrogen-bond donors (Lipinski definition) is 2. The van der Waals surface area contributed by atoms with Crippen LogP contribution in [0.5, 0.6) is 0 Å². The van der Waals surface area contributed by atoms with E-state index >= 15 is 0 Å². The highest BCUT2D eigenvalue weighted by Gasteiger charge is 2.23. The zero-order valence-electron chi connectivity index (χ0n) is 20.0. The van der Waals surface area contributed by atoms with Gasteiger partial charge in [0.25, 0.3) is 5.91 Å². The molecule has 190 valence electrons. The molecule has 0 spiro atoms. The van der Waals surface area contributed by atoms with Gasteiger partial charge in [-0.05, 0) is 61.4 Å². The number of pyridine rings is 1. The fourth-order valence-electron chi connectivity index (χ4n) is 3.84. The first-order chi connectivity index (χ1) is 17.8. The van der Waals surface area contributed by atoms with Crippen LogP contribution in [0, 0.1) is 6.92 Å². The Bertz CT molecular complexity index is 1410. The van der Waals surface area contributed by atoms with Crippen molar-refractivity contribution in [3.63, 3.8) is 0 Å². The molecule has 0 saturated carbocycles. The number of amides is 2. The number of carbonyl (C=O) groups excluding carboxylic acids is 2. The van der Waals surface area contributed by atoms with Crippen molar-refractivity contribution in [3.05, 3.63) is 98.9 Å². The fourth-order valence-corrected chi connectivity index (χ4v) is 4.46. The van der Waals surface area contributed by atoms with E-state index in [1.54, 1.807) is 47.4 Å². The van der Waals surface area contributed by atoms with Crippen LogP contribution in [0.3, 0.4) is 0 Å². The lowest BCUT2D eigenvalue weighted by Gasteiger charge is -2.11. The number of aryl methyl sites for hydroxylation is 1. The van der Waals surface area contributed by atoms with E-state index in [1.165, 1.54) is 0 Å². The highest BCUT2D eigenvalue weighted by Crippen LogP contribution is 2.33. The highest BCUT2D eigenvalue weighted by atomic mass is 35.5. The zero-order valence-corrected chi connectivity index (χ0v) is 22.2. The number of aromatic nitrogens is 3. The van der Waals surface area contributed by atoms with Crippen molar-refractivity contribution in [1.82, 2.24) is 25.4 Å². The van der Waals surface area contributed by atoms with Gasteiger partial charge >= 0.3 is 0 Å². The Morgan fingerprint density at radius 1 is 0.892 bits per heavy atom. The second kappa shape index (κ2) is 12.2. The SMILES string of the molecule is Cc1c(C(=O)NCCNC(=O)CCc2ccncc2)nn(-c2ccc(Cl)cc2Cl)c1-c1ccc(Cl)cc1. The maximum absolute atomic E-state index is 13.1. The Balaban J connectivity index is 1.46. The van der Waals surface area contributed by atoms with Crippen LogP contribution in [-0.4, -0.2) is 39.7 Å². The molecule has 10 heteroatoms. The summed E-state index contributed by atoms with van der Waals surface area (Å²) in [5.74, 6) is -0.448. The van der Waals surface area contributed by atoms with Crippen molar-refractivity contribution in [1.29, 1.82) is 0 Å². The van der Waals surface area contributed by atoms with Gasteiger partial charge in [0.15, 0.2) is 5.69 Å². The molecule has 4 aromatic rings. The monoisotopic (exact) mass is 555 g/mol. The lowest BCUT2D eigenvalue weighted by molar-refractivity contribution is -0.121. The summed E-state index contributed by atoms with van der Waals surface area (Å²) in [6.45, 7) is 2.38. The van der Waals surface area contributed by atoms with E-state index in [4.69, 9.17) is 34.8 Å². The van der Waals surface area contributed by atoms with Crippen molar-refractivity contribution >= 4 is 46.6 Å². The van der Waals surface area contributed by atoms with Gasteiger partial charge in [-0.2, -0.15) is 5.10 Å². The number of nitrogens with one attached hydrogen (secondary N) is 2. The second-order valence-electron chi connectivity index (χ2n) is 8.30. The quantitative estimate of drug-likeness (QED) is 0.260. The molecule has 4 rings (SSSR count). The van der Waals surface area contributed by atoms with Gasteiger partial charge in [0, 0.05) is 53.1 Å². The molecule has 7 nitrogen and oxygen atoms in total. The summed E-state index contributed by atoms with van der Waals surface area (Å²) in [4.78, 5) is 29.2. The number of carbonyl (C=O) groups is 2. The van der Waals surface area contributed by atoms with Crippen molar-refractivity contribution in [2.45, 2.75) is 19.8 Å². The Labute approximate surface area is 229 Å². The molecule has 0 aliphatic rings. The van der Waals surface area contributed by atoms with Crippen LogP contribution in [0.2, 0.25) is 15.1 Å². The number of benzene rings is 2. The second-order valence-corrected chi connectivity index (χ2v) is 9.58. The van der Waals surface area contributed by atoms with E-state index in [2.05, 4.69) is 20.7 Å². The molecule has 2 N–H and O–H groups in total. The molecule has 0 bridgehead atoms. The summed E-state index contributed by atoms with van der Waals surface area (Å²) in [6.07, 6.45) is 4.38. The summed E-state index contributed by atoms with van der Waals surface area (Å²) in [5.41, 5.74) is 4.07. The van der Waals surface area contributed by atoms with Gasteiger partial charge in [-0.25, -0.2) is 4.68 Å². The van der Waals surface area contributed by atoms with Crippen LogP contribution in [0.15, 0.2) is 67.0 Å². The van der Waals surface area contributed by atoms with Gasteiger partial charge in [0.05, 0.1) is 16.4 Å². The third-order valence-corrected chi connectivity index (χ3v) is 6.51. The van der Waals surface area contributed by atoms with E-state index in [0.29, 0.717) is 51.4 Å². The molecule has 0 fully saturated rings. The van der Waals surface area contributed by atoms with Crippen molar-refractivity contribution < 1.29 is 9.59 Å². The topological polar surface area (TPSA) is 88.9 Å². The molecule has 2 aromatic carbocycles. The molecule has 0 atom stereocenters. The van der Waals surface area contributed by atoms with Crippen LogP contribution in [0.4, 0.5) is 0 Å². The predicted molar refractivity (Wildman–Crippen MR) is 147 cm³/mol. The first-order valence-electron chi connectivity index (χ1n) is 11.6. The molecular weight excluding hydrogens is 533 g/mol. The van der Waals surface area contributed by atoms with Crippen LogP contribution in [0.25, 0.3) is 16.9 Å². The van der Waals surface area contributed by atoms with E-state index < -0.39 is 0 Å². The Morgan fingerprint density at radius 3 is 2.27 bits per heavy atom. The normalized spacial score (nSPS) is 10.8. The number of rotatable bonds is 9. The molecule has 2 aromatic heterocycles. The lowest BCUT2D eigenvalue weighted by atomic mass is 10.1. The molecule has 0 aliphatic carbocycles. The minimum absolute atomic E-state index is 0.0890. The van der Waals surface area contributed by atoms with Gasteiger partial charge in [-0.1, -0.05) is 46.9 Å². The molecule has 0 aliphatic heterocycles. The Morgan fingerprint density at radius 2 is 1.57 bits per heavy atom. The molecule has 0 unspecified atom stereocenters. The smallest absolute Gasteiger partial charge is 0.272 e. The summed E-state index contributed by atoms with van der Waals surface area (Å²) in [5, 5.41) is 11.7. The first-order valence-corrected chi connectivity index (χ1v) is 12.7. The number of hydrogen-bond acceptors (Lipinski definition) is 4. The lowest BCUT2D eigenvalue weighted by Crippen LogP contribution is -2.35. The van der Waals surface area contributed by atoms with Crippen LogP contribution in [-0.2, 0) is 11.2 Å². The van der Waals surface area contributed by atoms with Crippen molar-refractivity contribution in [2.75, 3.05) is 13.1 Å². The fraction of sp³-hybridized carbons (Fsp3) is 0.185. The number of halogens is 3. The maximum Gasteiger partial charge on any atom is 0.272 e. The van der Waals surface area contributed by atoms with Gasteiger partial charge < -0.3 is 10.6 Å². The highest BCUT2D eigenvalue weighted by molar-refractivity contribution is 6.35. The third-order valence-electron chi connectivity index (χ3n) is 5.72. The molecular formula is C27H24Cl3N5O2. The summed E-state index contributed by atoms with van der Waals surface area (Å²) in [7, 11) is 0. The summed E-state index contributed by atoms with van der Waals surface area (Å²) in [6, 6.07) is 16.1. The molecule has 37 heavy (non-hydrogen) atoms. The van der Waals surface area contributed by atoms with Gasteiger partial charge in [-0.3, -0.25) is 14.6 Å². The summed E-state index contributed by atoms with van der Waals surface area (Å²) >= 11 is 18.6. The Kier molecular flexibility index (Phi) is 8.82. The zero-order chi connectivity index (χ0) is 26.4. The average Bonchev–Trinajstić information content (AvgIpc) is 3.23. The largest absolute Gasteiger partial charge is 0.354 e. The maximum atomic E-state index is 13.1. The van der Waals surface area contributed by atoms with Crippen molar-refractivity contribution in [2.24, 2.45) is 0 Å². The molecule has 2 amide bonds. The van der Waals surface area contributed by atoms with Crippen LogP contribution >= 0.6 is 34.8 Å². The third kappa shape index (κ3) is 6.68. The van der Waals surface area contributed by atoms with Gasteiger partial charge in [-0.15, -0.1) is 0 Å². The van der Waals surface area contributed by atoms with Crippen LogP contribution < -0.4 is 10.6 Å². The van der Waals surface area contributed by atoms with Crippen molar-refractivity contribution in [3.8, 4) is 16.9 Å². The van der Waals surface area contributed by atoms with E-state index in [1.807, 2.05) is 31.2 Å². The standard InChI is InChI=1S/C27H24Cl3N5O2/c1-17-25(27(37)33-15-14-32-24(36)9-2-18-10-12-31-13-11-18)34-35(23-8-7-21(29)16-22(23)30)26(17)19-3-5-20(28)6-4-19/h3-8,10-13,16H,2,9,14-15H2,1H3,(H,32,36)(H,33,37). The molecule has 2 heterocycles. The molecule has 0 radical (unpaired) electrons.